The van der Waals surface area contributed by atoms with E-state index in [-0.39, 0.29) is 5.60 Å². The van der Waals surface area contributed by atoms with Crippen molar-refractivity contribution in [2.24, 2.45) is 5.92 Å². The van der Waals surface area contributed by atoms with Crippen LogP contribution < -0.4 is 5.32 Å². The van der Waals surface area contributed by atoms with Crippen molar-refractivity contribution >= 4 is 0 Å². The summed E-state index contributed by atoms with van der Waals surface area (Å²) in [5.74, 6) is 0.736. The molecule has 1 N–H and O–H groups in total. The summed E-state index contributed by atoms with van der Waals surface area (Å²) < 4.78 is 5.76. The van der Waals surface area contributed by atoms with E-state index in [0.29, 0.717) is 6.04 Å². The Morgan fingerprint density at radius 1 is 1.33 bits per heavy atom. The number of hydrogen-bond donors (Lipinski definition) is 1. The molecule has 100 valence electrons. The van der Waals surface area contributed by atoms with Crippen molar-refractivity contribution in [1.82, 2.24) is 5.32 Å². The lowest BCUT2D eigenvalue weighted by atomic mass is 9.88. The van der Waals surface area contributed by atoms with Crippen LogP contribution in [0.5, 0.6) is 0 Å². The molecular formula is C16H25NO. The zero-order chi connectivity index (χ0) is 13.0. The van der Waals surface area contributed by atoms with Gasteiger partial charge in [-0.3, -0.25) is 0 Å². The van der Waals surface area contributed by atoms with Gasteiger partial charge in [0.25, 0.3) is 0 Å². The zero-order valence-electron chi connectivity index (χ0n) is 11.8. The van der Waals surface area contributed by atoms with Gasteiger partial charge in [0.1, 0.15) is 0 Å². The van der Waals surface area contributed by atoms with Crippen LogP contribution in [0.1, 0.15) is 45.2 Å². The highest BCUT2D eigenvalue weighted by Gasteiger charge is 2.28. The highest BCUT2D eigenvalue weighted by atomic mass is 16.5. The molecule has 2 heteroatoms. The molecular weight excluding hydrogens is 222 g/mol. The Morgan fingerprint density at radius 2 is 2.06 bits per heavy atom. The molecule has 1 saturated heterocycles. The Balaban J connectivity index is 1.81. The van der Waals surface area contributed by atoms with Crippen LogP contribution in [0, 0.1) is 5.92 Å². The second kappa shape index (κ2) is 5.85. The SMILES string of the molecule is C[C@H](NC[C@H]1CCOC(C)(C)C1)c1ccccc1. The largest absolute Gasteiger partial charge is 0.376 e. The first kappa shape index (κ1) is 13.6. The minimum Gasteiger partial charge on any atom is -0.376 e. The van der Waals surface area contributed by atoms with E-state index in [1.54, 1.807) is 0 Å². The normalized spacial score (nSPS) is 24.7. The van der Waals surface area contributed by atoms with Gasteiger partial charge in [-0.15, -0.1) is 0 Å². The third-order valence-corrected chi connectivity index (χ3v) is 3.81. The van der Waals surface area contributed by atoms with E-state index in [4.69, 9.17) is 4.74 Å². The smallest absolute Gasteiger partial charge is 0.0629 e. The van der Waals surface area contributed by atoms with Gasteiger partial charge in [-0.2, -0.15) is 0 Å². The molecule has 2 rings (SSSR count). The van der Waals surface area contributed by atoms with Crippen LogP contribution in [0.15, 0.2) is 30.3 Å². The molecule has 0 amide bonds. The molecule has 0 saturated carbocycles. The van der Waals surface area contributed by atoms with Crippen molar-refractivity contribution < 1.29 is 4.74 Å². The summed E-state index contributed by atoms with van der Waals surface area (Å²) in [6.07, 6.45) is 2.33. The van der Waals surface area contributed by atoms with Gasteiger partial charge in [0, 0.05) is 12.6 Å². The number of benzene rings is 1. The van der Waals surface area contributed by atoms with Gasteiger partial charge in [0.2, 0.25) is 0 Å². The van der Waals surface area contributed by atoms with E-state index in [1.807, 2.05) is 0 Å². The van der Waals surface area contributed by atoms with Crippen LogP contribution in [-0.4, -0.2) is 18.8 Å². The minimum atomic E-state index is 0.0561. The fourth-order valence-electron chi connectivity index (χ4n) is 2.74. The highest BCUT2D eigenvalue weighted by Crippen LogP contribution is 2.28. The topological polar surface area (TPSA) is 21.3 Å². The summed E-state index contributed by atoms with van der Waals surface area (Å²) in [5, 5.41) is 3.65. The van der Waals surface area contributed by atoms with Crippen molar-refractivity contribution in [2.75, 3.05) is 13.2 Å². The summed E-state index contributed by atoms with van der Waals surface area (Å²) in [7, 11) is 0. The molecule has 1 aromatic rings. The van der Waals surface area contributed by atoms with Gasteiger partial charge in [-0.25, -0.2) is 0 Å². The molecule has 1 heterocycles. The number of rotatable bonds is 4. The molecule has 0 aromatic heterocycles. The number of hydrogen-bond acceptors (Lipinski definition) is 2. The maximum atomic E-state index is 5.76. The predicted molar refractivity (Wildman–Crippen MR) is 75.6 cm³/mol. The average molecular weight is 247 g/mol. The van der Waals surface area contributed by atoms with Crippen LogP contribution in [0.2, 0.25) is 0 Å². The van der Waals surface area contributed by atoms with Gasteiger partial charge in [0.05, 0.1) is 5.60 Å². The van der Waals surface area contributed by atoms with Crippen molar-refractivity contribution in [3.8, 4) is 0 Å². The Hall–Kier alpha value is -0.860. The summed E-state index contributed by atoms with van der Waals surface area (Å²) >= 11 is 0. The van der Waals surface area contributed by atoms with Gasteiger partial charge in [-0.05, 0) is 51.6 Å². The first-order chi connectivity index (χ1) is 8.57. The van der Waals surface area contributed by atoms with Crippen molar-refractivity contribution in [3.05, 3.63) is 35.9 Å². The third kappa shape index (κ3) is 3.82. The van der Waals surface area contributed by atoms with Gasteiger partial charge >= 0.3 is 0 Å². The highest BCUT2D eigenvalue weighted by molar-refractivity contribution is 5.17. The Labute approximate surface area is 111 Å². The summed E-state index contributed by atoms with van der Waals surface area (Å²) in [6.45, 7) is 8.61. The average Bonchev–Trinajstić information content (AvgIpc) is 2.36. The van der Waals surface area contributed by atoms with E-state index >= 15 is 0 Å². The van der Waals surface area contributed by atoms with Crippen LogP contribution in [0.4, 0.5) is 0 Å². The first-order valence-corrected chi connectivity index (χ1v) is 6.99. The molecule has 1 fully saturated rings. The lowest BCUT2D eigenvalue weighted by molar-refractivity contribution is -0.0720. The van der Waals surface area contributed by atoms with E-state index < -0.39 is 0 Å². The molecule has 2 nitrogen and oxygen atoms in total. The zero-order valence-corrected chi connectivity index (χ0v) is 11.8. The monoisotopic (exact) mass is 247 g/mol. The quantitative estimate of drug-likeness (QED) is 0.878. The van der Waals surface area contributed by atoms with Gasteiger partial charge < -0.3 is 10.1 Å². The van der Waals surface area contributed by atoms with E-state index in [2.05, 4.69) is 56.4 Å². The molecule has 0 aliphatic carbocycles. The maximum Gasteiger partial charge on any atom is 0.0629 e. The van der Waals surface area contributed by atoms with E-state index in [9.17, 15) is 0 Å². The molecule has 1 aliphatic rings. The fraction of sp³-hybridized carbons (Fsp3) is 0.625. The van der Waals surface area contributed by atoms with Crippen LogP contribution in [0.3, 0.4) is 0 Å². The summed E-state index contributed by atoms with van der Waals surface area (Å²) in [5.41, 5.74) is 1.42. The molecule has 0 radical (unpaired) electrons. The molecule has 1 aliphatic heterocycles. The van der Waals surface area contributed by atoms with Crippen molar-refractivity contribution in [3.63, 3.8) is 0 Å². The van der Waals surface area contributed by atoms with E-state index in [0.717, 1.165) is 25.5 Å². The molecule has 2 atom stereocenters. The second-order valence-corrected chi connectivity index (χ2v) is 6.01. The van der Waals surface area contributed by atoms with Crippen molar-refractivity contribution in [2.45, 2.75) is 45.3 Å². The minimum absolute atomic E-state index is 0.0561. The van der Waals surface area contributed by atoms with Crippen LogP contribution >= 0.6 is 0 Å². The molecule has 0 bridgehead atoms. The van der Waals surface area contributed by atoms with Gasteiger partial charge in [-0.1, -0.05) is 30.3 Å². The Morgan fingerprint density at radius 3 is 2.72 bits per heavy atom. The summed E-state index contributed by atoms with van der Waals surface area (Å²) in [6, 6.07) is 11.1. The Bertz CT molecular complexity index is 361. The predicted octanol–water partition coefficient (Wildman–Crippen LogP) is 3.54. The third-order valence-electron chi connectivity index (χ3n) is 3.81. The molecule has 1 aromatic carbocycles. The number of ether oxygens (including phenoxy) is 1. The summed E-state index contributed by atoms with van der Waals surface area (Å²) in [4.78, 5) is 0. The second-order valence-electron chi connectivity index (χ2n) is 6.01. The molecule has 18 heavy (non-hydrogen) atoms. The molecule has 0 unspecified atom stereocenters. The molecule has 0 spiro atoms. The van der Waals surface area contributed by atoms with Gasteiger partial charge in [0.15, 0.2) is 0 Å². The van der Waals surface area contributed by atoms with Crippen LogP contribution in [0.25, 0.3) is 0 Å². The lowest BCUT2D eigenvalue weighted by Gasteiger charge is -2.36. The van der Waals surface area contributed by atoms with E-state index in [1.165, 1.54) is 12.0 Å². The standard InChI is InChI=1S/C16H25NO/c1-13(15-7-5-4-6-8-15)17-12-14-9-10-18-16(2,3)11-14/h4-8,13-14,17H,9-12H2,1-3H3/t13-,14-/m0/s1. The van der Waals surface area contributed by atoms with Crippen molar-refractivity contribution in [1.29, 1.82) is 0 Å². The Kier molecular flexibility index (Phi) is 4.41. The first-order valence-electron chi connectivity index (χ1n) is 6.99. The van der Waals surface area contributed by atoms with Crippen LogP contribution in [-0.2, 0) is 4.74 Å². The lowest BCUT2D eigenvalue weighted by Crippen LogP contribution is -2.38. The number of nitrogens with one attached hydrogen (secondary N) is 1. The fourth-order valence-corrected chi connectivity index (χ4v) is 2.74. The maximum absolute atomic E-state index is 5.76.